The highest BCUT2D eigenvalue weighted by molar-refractivity contribution is 6.12. The first kappa shape index (κ1) is 32.6. The fourth-order valence-electron chi connectivity index (χ4n) is 8.74. The van der Waals surface area contributed by atoms with Crippen molar-refractivity contribution in [1.82, 2.24) is 15.0 Å². The molecule has 0 saturated carbocycles. The van der Waals surface area contributed by atoms with Crippen LogP contribution in [-0.2, 0) is 6.42 Å². The molecule has 0 unspecified atom stereocenters. The third-order valence-corrected chi connectivity index (χ3v) is 11.6. The van der Waals surface area contributed by atoms with E-state index in [-0.39, 0.29) is 0 Å². The summed E-state index contributed by atoms with van der Waals surface area (Å²) in [5.41, 5.74) is 10.8. The minimum Gasteiger partial charge on any atom is -0.460 e. The molecule has 12 rings (SSSR count). The molecule has 0 saturated heterocycles. The van der Waals surface area contributed by atoms with Crippen LogP contribution in [-0.4, -0.2) is 15.0 Å². The van der Waals surface area contributed by atoms with Crippen molar-refractivity contribution in [2.45, 2.75) is 12.8 Å². The number of furan rings is 2. The first-order valence-electron chi connectivity index (χ1n) is 19.7. The molecule has 1 aliphatic carbocycles. The van der Waals surface area contributed by atoms with Crippen LogP contribution in [0.15, 0.2) is 185 Å². The topological polar surface area (TPSA) is 65.0 Å². The van der Waals surface area contributed by atoms with Crippen molar-refractivity contribution < 1.29 is 8.83 Å². The molecule has 5 heteroatoms. The first-order valence-corrected chi connectivity index (χ1v) is 19.7. The van der Waals surface area contributed by atoms with Gasteiger partial charge in [0.25, 0.3) is 0 Å². The summed E-state index contributed by atoms with van der Waals surface area (Å²) in [6.07, 6.45) is 3.86. The van der Waals surface area contributed by atoms with Gasteiger partial charge in [0.2, 0.25) is 0 Å². The third kappa shape index (κ3) is 5.28. The van der Waals surface area contributed by atoms with Crippen molar-refractivity contribution in [3.8, 4) is 45.0 Å². The lowest BCUT2D eigenvalue weighted by Gasteiger charge is -2.15. The molecule has 0 atom stereocenters. The van der Waals surface area contributed by atoms with Crippen molar-refractivity contribution in [2.75, 3.05) is 0 Å². The van der Waals surface area contributed by atoms with Crippen molar-refractivity contribution in [3.63, 3.8) is 0 Å². The molecule has 0 N–H and O–H groups in total. The van der Waals surface area contributed by atoms with Gasteiger partial charge in [-0.25, -0.2) is 15.0 Å². The van der Waals surface area contributed by atoms with Crippen LogP contribution in [0.5, 0.6) is 0 Å². The van der Waals surface area contributed by atoms with E-state index in [0.717, 1.165) is 101 Å². The molecule has 272 valence electrons. The Hall–Kier alpha value is -7.63. The Morgan fingerprint density at radius 1 is 0.397 bits per heavy atom. The van der Waals surface area contributed by atoms with Gasteiger partial charge >= 0.3 is 0 Å². The highest BCUT2D eigenvalue weighted by Crippen LogP contribution is 2.44. The lowest BCUT2D eigenvalue weighted by Crippen LogP contribution is -2.06. The monoisotopic (exact) mass is 743 g/mol. The first-order chi connectivity index (χ1) is 28.7. The summed E-state index contributed by atoms with van der Waals surface area (Å²) < 4.78 is 13.4. The zero-order valence-electron chi connectivity index (χ0n) is 31.3. The Bertz CT molecular complexity index is 3470. The van der Waals surface area contributed by atoms with Crippen LogP contribution in [0, 0.1) is 0 Å². The zero-order chi connectivity index (χ0) is 38.2. The van der Waals surface area contributed by atoms with Crippen LogP contribution in [0.3, 0.4) is 0 Å². The largest absolute Gasteiger partial charge is 0.460 e. The number of aromatic nitrogens is 3. The fourth-order valence-corrected chi connectivity index (χ4v) is 8.74. The Balaban J connectivity index is 1.02. The number of fused-ring (bicyclic) bond motifs is 8. The Labute approximate surface area is 333 Å². The average Bonchev–Trinajstić information content (AvgIpc) is 3.88. The highest BCUT2D eigenvalue weighted by atomic mass is 16.3. The molecule has 0 spiro atoms. The van der Waals surface area contributed by atoms with Crippen LogP contribution < -0.4 is 0 Å². The average molecular weight is 744 g/mol. The molecule has 8 aromatic carbocycles. The predicted molar refractivity (Wildman–Crippen MR) is 235 cm³/mol. The molecule has 0 bridgehead atoms. The van der Waals surface area contributed by atoms with Crippen molar-refractivity contribution in [1.29, 1.82) is 0 Å². The highest BCUT2D eigenvalue weighted by Gasteiger charge is 2.27. The molecule has 0 fully saturated rings. The maximum atomic E-state index is 6.86. The van der Waals surface area contributed by atoms with Crippen molar-refractivity contribution in [3.05, 3.63) is 193 Å². The van der Waals surface area contributed by atoms with Crippen LogP contribution >= 0.6 is 0 Å². The number of hydrogen-bond acceptors (Lipinski definition) is 5. The van der Waals surface area contributed by atoms with E-state index in [1.807, 2.05) is 18.2 Å². The standard InChI is InChI=1S/C53H33N3O2/c1-2-11-32(12-3-1)35-24-25-37-31-39(28-26-36(37)29-35)52-54-51(38-27-23-33-13-4-5-14-34(33)30-38)55-53(56-52)45-20-10-22-47-48(45)44-19-9-18-43(50(44)58-47)42-17-8-16-41-40-15-6-7-21-46(40)57-49(41)42/h1-9,11-21,23-31H,10,22H2. The second kappa shape index (κ2) is 13.0. The molecule has 0 aliphatic heterocycles. The van der Waals surface area contributed by atoms with E-state index >= 15 is 0 Å². The van der Waals surface area contributed by atoms with E-state index in [9.17, 15) is 0 Å². The Morgan fingerprint density at radius 3 is 1.74 bits per heavy atom. The fraction of sp³-hybridized carbons (Fsp3) is 0.0377. The van der Waals surface area contributed by atoms with Crippen LogP contribution in [0.4, 0.5) is 0 Å². The van der Waals surface area contributed by atoms with E-state index < -0.39 is 0 Å². The molecular formula is C53H33N3O2. The quantitative estimate of drug-likeness (QED) is 0.176. The van der Waals surface area contributed by atoms with Gasteiger partial charge in [-0.1, -0.05) is 152 Å². The summed E-state index contributed by atoms with van der Waals surface area (Å²) in [4.78, 5) is 15.7. The van der Waals surface area contributed by atoms with Gasteiger partial charge in [-0.05, 0) is 63.4 Å². The molecule has 58 heavy (non-hydrogen) atoms. The van der Waals surface area contributed by atoms with Crippen molar-refractivity contribution in [2.24, 2.45) is 0 Å². The van der Waals surface area contributed by atoms with E-state index in [2.05, 4.69) is 158 Å². The molecule has 3 aromatic heterocycles. The summed E-state index contributed by atoms with van der Waals surface area (Å²) in [5, 5.41) is 7.81. The number of nitrogens with zero attached hydrogens (tertiary/aromatic N) is 3. The summed E-state index contributed by atoms with van der Waals surface area (Å²) in [7, 11) is 0. The molecule has 5 nitrogen and oxygen atoms in total. The summed E-state index contributed by atoms with van der Waals surface area (Å²) in [5.74, 6) is 2.82. The van der Waals surface area contributed by atoms with Crippen molar-refractivity contribution >= 4 is 60.0 Å². The van der Waals surface area contributed by atoms with Crippen LogP contribution in [0.25, 0.3) is 105 Å². The van der Waals surface area contributed by atoms with Gasteiger partial charge in [0.1, 0.15) is 22.5 Å². The van der Waals surface area contributed by atoms with Gasteiger partial charge in [-0.15, -0.1) is 0 Å². The number of rotatable bonds is 5. The SMILES string of the molecule is C1=C(c2nc(-c3ccc4ccccc4c3)nc(-c3ccc4cc(-c5ccccc5)ccc4c3)n2)c2c(oc3c(-c4cccc5c4oc4ccccc45)cccc23)CC1. The van der Waals surface area contributed by atoms with E-state index in [4.69, 9.17) is 23.8 Å². The van der Waals surface area contributed by atoms with Gasteiger partial charge in [0, 0.05) is 56.0 Å². The third-order valence-electron chi connectivity index (χ3n) is 11.6. The Kier molecular flexibility index (Phi) is 7.29. The minimum absolute atomic E-state index is 0.625. The number of benzene rings is 8. The lowest BCUT2D eigenvalue weighted by molar-refractivity contribution is 0.546. The van der Waals surface area contributed by atoms with E-state index in [1.54, 1.807) is 0 Å². The number of para-hydroxylation sites is 3. The van der Waals surface area contributed by atoms with E-state index in [0.29, 0.717) is 17.5 Å². The number of aryl methyl sites for hydroxylation is 1. The normalized spacial score (nSPS) is 12.8. The maximum absolute atomic E-state index is 6.86. The second-order valence-electron chi connectivity index (χ2n) is 15.0. The molecular weight excluding hydrogens is 711 g/mol. The smallest absolute Gasteiger partial charge is 0.164 e. The van der Waals surface area contributed by atoms with E-state index in [1.165, 1.54) is 16.5 Å². The molecule has 3 heterocycles. The summed E-state index contributed by atoms with van der Waals surface area (Å²) in [6, 6.07) is 59.3. The summed E-state index contributed by atoms with van der Waals surface area (Å²) >= 11 is 0. The van der Waals surface area contributed by atoms with Gasteiger partial charge in [-0.2, -0.15) is 0 Å². The maximum Gasteiger partial charge on any atom is 0.164 e. The number of hydrogen-bond donors (Lipinski definition) is 0. The van der Waals surface area contributed by atoms with Gasteiger partial charge in [-0.3, -0.25) is 0 Å². The number of allylic oxidation sites excluding steroid dienone is 1. The minimum atomic E-state index is 0.625. The van der Waals surface area contributed by atoms with Gasteiger partial charge in [0.05, 0.1) is 0 Å². The second-order valence-corrected chi connectivity index (χ2v) is 15.0. The lowest BCUT2D eigenvalue weighted by atomic mass is 9.92. The van der Waals surface area contributed by atoms with Crippen LogP contribution in [0.1, 0.15) is 23.6 Å². The van der Waals surface area contributed by atoms with Gasteiger partial charge < -0.3 is 8.83 Å². The predicted octanol–water partition coefficient (Wildman–Crippen LogP) is 13.9. The molecule has 0 radical (unpaired) electrons. The summed E-state index contributed by atoms with van der Waals surface area (Å²) in [6.45, 7) is 0. The molecule has 1 aliphatic rings. The van der Waals surface area contributed by atoms with Gasteiger partial charge in [0.15, 0.2) is 17.5 Å². The molecule has 0 amide bonds. The Morgan fingerprint density at radius 2 is 0.966 bits per heavy atom. The molecule has 11 aromatic rings. The zero-order valence-corrected chi connectivity index (χ0v) is 31.3. The van der Waals surface area contributed by atoms with Crippen LogP contribution in [0.2, 0.25) is 0 Å².